The number of piperazine rings is 1. The molecule has 0 aliphatic carbocycles. The van der Waals surface area contributed by atoms with E-state index in [4.69, 9.17) is 4.74 Å². The molecule has 0 bridgehead atoms. The highest BCUT2D eigenvalue weighted by Gasteiger charge is 2.33. The second-order valence-corrected chi connectivity index (χ2v) is 8.98. The number of carbonyl (C=O) groups excluding carboxylic acids is 3. The lowest BCUT2D eigenvalue weighted by atomic mass is 10.1. The molecule has 1 saturated heterocycles. The van der Waals surface area contributed by atoms with Crippen molar-refractivity contribution >= 4 is 23.6 Å². The second kappa shape index (κ2) is 8.63. The van der Waals surface area contributed by atoms with E-state index < -0.39 is 5.60 Å². The van der Waals surface area contributed by atoms with E-state index in [1.165, 1.54) is 0 Å². The smallest absolute Gasteiger partial charge is 0.410 e. The maximum absolute atomic E-state index is 13.0. The molecule has 1 aromatic carbocycles. The zero-order valence-electron chi connectivity index (χ0n) is 18.5. The molecule has 2 aliphatic heterocycles. The summed E-state index contributed by atoms with van der Waals surface area (Å²) in [5.74, 6) is -0.148. The summed E-state index contributed by atoms with van der Waals surface area (Å²) >= 11 is 0. The predicted octanol–water partition coefficient (Wildman–Crippen LogP) is 1.88. The van der Waals surface area contributed by atoms with Crippen molar-refractivity contribution in [3.8, 4) is 0 Å². The Balaban J connectivity index is 1.61. The van der Waals surface area contributed by atoms with Crippen LogP contribution in [0.5, 0.6) is 0 Å². The third kappa shape index (κ3) is 4.92. The monoisotopic (exact) mass is 416 g/mol. The van der Waals surface area contributed by atoms with Crippen molar-refractivity contribution in [3.05, 3.63) is 29.3 Å². The molecule has 8 nitrogen and oxygen atoms in total. The molecule has 0 spiro atoms. The molecule has 2 heterocycles. The van der Waals surface area contributed by atoms with Crippen molar-refractivity contribution in [2.45, 2.75) is 45.8 Å². The molecular weight excluding hydrogens is 384 g/mol. The maximum atomic E-state index is 13.0. The van der Waals surface area contributed by atoms with Crippen molar-refractivity contribution in [3.63, 3.8) is 0 Å². The molecule has 0 aromatic heterocycles. The third-order valence-electron chi connectivity index (χ3n) is 5.47. The van der Waals surface area contributed by atoms with E-state index in [0.717, 1.165) is 17.7 Å². The van der Waals surface area contributed by atoms with Gasteiger partial charge in [0.15, 0.2) is 0 Å². The normalized spacial score (nSPS) is 19.4. The fourth-order valence-electron chi connectivity index (χ4n) is 3.97. The first-order valence-corrected chi connectivity index (χ1v) is 10.5. The van der Waals surface area contributed by atoms with Crippen LogP contribution in [0.1, 0.15) is 43.6 Å². The predicted molar refractivity (Wildman–Crippen MR) is 115 cm³/mol. The maximum Gasteiger partial charge on any atom is 0.410 e. The van der Waals surface area contributed by atoms with Crippen LogP contribution in [0.3, 0.4) is 0 Å². The standard InChI is InChI=1S/C22H32N4O4/c1-15-13-24(10-11-25(15)21(29)30-22(2,3)4)14-19(27)26-9-8-16-6-7-17(12-18(16)26)20(28)23-5/h6-7,12,15H,8-11,13-14H2,1-5H3,(H,23,28)/t15-/m1/s1. The van der Waals surface area contributed by atoms with E-state index in [1.54, 1.807) is 29.0 Å². The number of fused-ring (bicyclic) bond motifs is 1. The van der Waals surface area contributed by atoms with Crippen LogP contribution in [0.25, 0.3) is 0 Å². The number of carbonyl (C=O) groups is 3. The number of nitrogens with one attached hydrogen (secondary N) is 1. The van der Waals surface area contributed by atoms with Gasteiger partial charge in [0.05, 0.1) is 6.54 Å². The summed E-state index contributed by atoms with van der Waals surface area (Å²) in [4.78, 5) is 42.9. The summed E-state index contributed by atoms with van der Waals surface area (Å²) in [6, 6.07) is 5.48. The molecule has 1 N–H and O–H groups in total. The molecule has 0 unspecified atom stereocenters. The van der Waals surface area contributed by atoms with Gasteiger partial charge in [-0.3, -0.25) is 14.5 Å². The summed E-state index contributed by atoms with van der Waals surface area (Å²) < 4.78 is 5.48. The fourth-order valence-corrected chi connectivity index (χ4v) is 3.97. The summed E-state index contributed by atoms with van der Waals surface area (Å²) in [5, 5.41) is 2.62. The lowest BCUT2D eigenvalue weighted by Gasteiger charge is -2.40. The molecule has 1 atom stereocenters. The third-order valence-corrected chi connectivity index (χ3v) is 5.47. The number of anilines is 1. The average molecular weight is 417 g/mol. The molecule has 1 fully saturated rings. The van der Waals surface area contributed by atoms with Crippen molar-refractivity contribution in [2.24, 2.45) is 0 Å². The first kappa shape index (κ1) is 22.1. The van der Waals surface area contributed by atoms with Gasteiger partial charge in [0.2, 0.25) is 5.91 Å². The van der Waals surface area contributed by atoms with Crippen LogP contribution in [0.4, 0.5) is 10.5 Å². The Kier molecular flexibility index (Phi) is 6.36. The number of nitrogens with zero attached hydrogens (tertiary/aromatic N) is 3. The Hall–Kier alpha value is -2.61. The van der Waals surface area contributed by atoms with Crippen LogP contribution in [0.15, 0.2) is 18.2 Å². The molecule has 2 aliphatic rings. The first-order chi connectivity index (χ1) is 14.1. The SMILES string of the molecule is CNC(=O)c1ccc2c(c1)N(C(=O)CN1CCN(C(=O)OC(C)(C)C)[C@H](C)C1)CC2. The van der Waals surface area contributed by atoms with Gasteiger partial charge >= 0.3 is 6.09 Å². The highest BCUT2D eigenvalue weighted by Crippen LogP contribution is 2.29. The van der Waals surface area contributed by atoms with E-state index in [-0.39, 0.29) is 30.5 Å². The second-order valence-electron chi connectivity index (χ2n) is 8.98. The van der Waals surface area contributed by atoms with Crippen LogP contribution in [0.2, 0.25) is 0 Å². The Bertz CT molecular complexity index is 833. The first-order valence-electron chi connectivity index (χ1n) is 10.5. The van der Waals surface area contributed by atoms with Crippen molar-refractivity contribution in [1.29, 1.82) is 0 Å². The average Bonchev–Trinajstić information content (AvgIpc) is 3.09. The Morgan fingerprint density at radius 2 is 1.90 bits per heavy atom. The summed E-state index contributed by atoms with van der Waals surface area (Å²) in [5.41, 5.74) is 1.93. The van der Waals surface area contributed by atoms with Gasteiger partial charge in [-0.25, -0.2) is 4.79 Å². The van der Waals surface area contributed by atoms with Crippen molar-refractivity contribution in [1.82, 2.24) is 15.1 Å². The summed E-state index contributed by atoms with van der Waals surface area (Å²) in [6.45, 7) is 10.2. The molecule has 164 valence electrons. The van der Waals surface area contributed by atoms with Crippen LogP contribution in [-0.4, -0.2) is 79.1 Å². The molecule has 30 heavy (non-hydrogen) atoms. The van der Waals surface area contributed by atoms with Crippen LogP contribution < -0.4 is 10.2 Å². The number of hydrogen-bond acceptors (Lipinski definition) is 5. The van der Waals surface area contributed by atoms with Crippen LogP contribution in [-0.2, 0) is 16.0 Å². The van der Waals surface area contributed by atoms with E-state index >= 15 is 0 Å². The topological polar surface area (TPSA) is 82.2 Å². The van der Waals surface area contributed by atoms with Gasteiger partial charge in [0.25, 0.3) is 5.91 Å². The Morgan fingerprint density at radius 3 is 2.53 bits per heavy atom. The molecule has 3 rings (SSSR count). The molecule has 8 heteroatoms. The van der Waals surface area contributed by atoms with Crippen LogP contribution >= 0.6 is 0 Å². The van der Waals surface area contributed by atoms with E-state index in [1.807, 2.05) is 33.8 Å². The Morgan fingerprint density at radius 1 is 1.17 bits per heavy atom. The molecule has 0 radical (unpaired) electrons. The van der Waals surface area contributed by atoms with Crippen molar-refractivity contribution in [2.75, 3.05) is 44.7 Å². The van der Waals surface area contributed by atoms with Gasteiger partial charge in [-0.05, 0) is 51.8 Å². The van der Waals surface area contributed by atoms with Crippen molar-refractivity contribution < 1.29 is 19.1 Å². The van der Waals surface area contributed by atoms with Gasteiger partial charge < -0.3 is 19.9 Å². The van der Waals surface area contributed by atoms with E-state index in [2.05, 4.69) is 10.2 Å². The largest absolute Gasteiger partial charge is 0.444 e. The molecule has 3 amide bonds. The van der Waals surface area contributed by atoms with Gasteiger partial charge in [-0.2, -0.15) is 0 Å². The minimum absolute atomic E-state index is 0.0146. The highest BCUT2D eigenvalue weighted by atomic mass is 16.6. The number of hydrogen-bond donors (Lipinski definition) is 1. The highest BCUT2D eigenvalue weighted by molar-refractivity contribution is 6.00. The lowest BCUT2D eigenvalue weighted by molar-refractivity contribution is -0.120. The minimum atomic E-state index is -0.527. The number of amides is 3. The number of rotatable bonds is 3. The van der Waals surface area contributed by atoms with Gasteiger partial charge in [0.1, 0.15) is 5.60 Å². The van der Waals surface area contributed by atoms with E-state index in [0.29, 0.717) is 31.7 Å². The molecule has 0 saturated carbocycles. The van der Waals surface area contributed by atoms with Gasteiger partial charge in [0, 0.05) is 50.5 Å². The lowest BCUT2D eigenvalue weighted by Crippen LogP contribution is -2.56. The fraction of sp³-hybridized carbons (Fsp3) is 0.591. The van der Waals surface area contributed by atoms with Gasteiger partial charge in [-0.15, -0.1) is 0 Å². The summed E-state index contributed by atoms with van der Waals surface area (Å²) in [6.07, 6.45) is 0.481. The quantitative estimate of drug-likeness (QED) is 0.814. The zero-order chi connectivity index (χ0) is 22.1. The molecular formula is C22H32N4O4. The summed E-state index contributed by atoms with van der Waals surface area (Å²) in [7, 11) is 1.59. The molecule has 1 aromatic rings. The minimum Gasteiger partial charge on any atom is -0.444 e. The number of benzene rings is 1. The number of ether oxygens (including phenoxy) is 1. The van der Waals surface area contributed by atoms with Gasteiger partial charge in [-0.1, -0.05) is 6.07 Å². The zero-order valence-corrected chi connectivity index (χ0v) is 18.5. The van der Waals surface area contributed by atoms with Crippen LogP contribution in [0, 0.1) is 0 Å². The van der Waals surface area contributed by atoms with E-state index in [9.17, 15) is 14.4 Å². The Labute approximate surface area is 178 Å².